The maximum absolute atomic E-state index is 13.2. The molecule has 4 heteroatoms. The van der Waals surface area contributed by atoms with Crippen molar-refractivity contribution in [3.8, 4) is 0 Å². The maximum atomic E-state index is 13.2. The minimum absolute atomic E-state index is 0.206. The van der Waals surface area contributed by atoms with Crippen molar-refractivity contribution in [3.05, 3.63) is 35.6 Å². The fourth-order valence-corrected chi connectivity index (χ4v) is 2.78. The van der Waals surface area contributed by atoms with E-state index in [1.807, 2.05) is 19.9 Å². The molecule has 0 heterocycles. The molecule has 2 N–H and O–H groups in total. The first-order valence-electron chi connectivity index (χ1n) is 7.20. The van der Waals surface area contributed by atoms with Crippen molar-refractivity contribution in [2.75, 3.05) is 0 Å². The highest BCUT2D eigenvalue weighted by atomic mass is 19.1. The third kappa shape index (κ3) is 3.79. The Hall–Kier alpha value is -1.42. The van der Waals surface area contributed by atoms with Crippen molar-refractivity contribution in [3.63, 3.8) is 0 Å². The molecule has 0 radical (unpaired) electrons. The van der Waals surface area contributed by atoms with Crippen LogP contribution < -0.4 is 5.32 Å². The Bertz CT molecular complexity index is 469. The van der Waals surface area contributed by atoms with E-state index < -0.39 is 12.0 Å². The van der Waals surface area contributed by atoms with E-state index in [4.69, 9.17) is 0 Å². The zero-order valence-corrected chi connectivity index (χ0v) is 12.0. The monoisotopic (exact) mass is 279 g/mol. The van der Waals surface area contributed by atoms with E-state index in [0.29, 0.717) is 18.3 Å². The van der Waals surface area contributed by atoms with Gasteiger partial charge in [0, 0.05) is 6.04 Å². The molecule has 1 aromatic rings. The summed E-state index contributed by atoms with van der Waals surface area (Å²) in [6.45, 7) is 4.04. The number of hydrogen-bond acceptors (Lipinski definition) is 2. The van der Waals surface area contributed by atoms with Gasteiger partial charge in [0.2, 0.25) is 0 Å². The average molecular weight is 279 g/mol. The Balaban J connectivity index is 1.85. The van der Waals surface area contributed by atoms with Crippen LogP contribution in [0, 0.1) is 11.7 Å². The summed E-state index contributed by atoms with van der Waals surface area (Å²) in [5.74, 6) is -0.297. The molecule has 0 aromatic heterocycles. The number of nitrogens with one attached hydrogen (secondary N) is 1. The molecular weight excluding hydrogens is 257 g/mol. The number of hydrogen-bond donors (Lipinski definition) is 2. The summed E-state index contributed by atoms with van der Waals surface area (Å²) in [7, 11) is 0. The van der Waals surface area contributed by atoms with E-state index in [-0.39, 0.29) is 11.9 Å². The minimum atomic E-state index is -0.784. The number of halogens is 1. The molecule has 1 saturated carbocycles. The summed E-state index contributed by atoms with van der Waals surface area (Å²) in [5.41, 5.74) is 1.01. The lowest BCUT2D eigenvalue weighted by Gasteiger charge is -2.38. The summed E-state index contributed by atoms with van der Waals surface area (Å²) in [6.07, 6.45) is 2.40. The topological polar surface area (TPSA) is 49.3 Å². The van der Waals surface area contributed by atoms with Crippen LogP contribution >= 0.6 is 0 Å². The molecule has 110 valence electrons. The lowest BCUT2D eigenvalue weighted by atomic mass is 9.75. The molecule has 3 nitrogen and oxygen atoms in total. The van der Waals surface area contributed by atoms with Crippen molar-refractivity contribution in [2.45, 2.75) is 51.1 Å². The molecule has 0 aliphatic heterocycles. The van der Waals surface area contributed by atoms with Crippen molar-refractivity contribution < 1.29 is 14.3 Å². The minimum Gasteiger partial charge on any atom is -0.480 e. The lowest BCUT2D eigenvalue weighted by Crippen LogP contribution is -2.49. The smallest absolute Gasteiger partial charge is 0.320 e. The van der Waals surface area contributed by atoms with Gasteiger partial charge in [-0.1, -0.05) is 26.0 Å². The molecule has 0 bridgehead atoms. The van der Waals surface area contributed by atoms with E-state index in [1.54, 1.807) is 12.1 Å². The van der Waals surface area contributed by atoms with Crippen molar-refractivity contribution in [1.82, 2.24) is 5.32 Å². The second-order valence-corrected chi connectivity index (χ2v) is 6.11. The van der Waals surface area contributed by atoms with Gasteiger partial charge >= 0.3 is 5.97 Å². The van der Waals surface area contributed by atoms with Crippen LogP contribution in [0.4, 0.5) is 4.39 Å². The third-order valence-corrected chi connectivity index (χ3v) is 3.90. The molecular formula is C16H22FNO2. The molecule has 1 fully saturated rings. The first-order valence-corrected chi connectivity index (χ1v) is 7.20. The predicted octanol–water partition coefficient (Wildman–Crippen LogP) is 3.16. The van der Waals surface area contributed by atoms with E-state index >= 15 is 0 Å². The van der Waals surface area contributed by atoms with E-state index in [9.17, 15) is 14.3 Å². The van der Waals surface area contributed by atoms with Gasteiger partial charge in [0.05, 0.1) is 0 Å². The molecule has 1 aliphatic rings. The molecule has 1 unspecified atom stereocenters. The van der Waals surface area contributed by atoms with Gasteiger partial charge in [-0.25, -0.2) is 4.39 Å². The number of carbonyl (C=O) groups is 1. The number of carboxylic acids is 1. The highest BCUT2D eigenvalue weighted by Gasteiger charge is 2.33. The molecule has 2 rings (SSSR count). The van der Waals surface area contributed by atoms with Gasteiger partial charge < -0.3 is 10.4 Å². The van der Waals surface area contributed by atoms with Crippen LogP contribution in [0.1, 0.15) is 44.6 Å². The molecule has 20 heavy (non-hydrogen) atoms. The SMILES string of the molecule is CC(C)CC(NC1CC(c2cccc(F)c2)C1)C(=O)O. The molecule has 1 aromatic carbocycles. The fraction of sp³-hybridized carbons (Fsp3) is 0.562. The van der Waals surface area contributed by atoms with Crippen LogP contribution in [0.5, 0.6) is 0 Å². The van der Waals surface area contributed by atoms with Crippen molar-refractivity contribution in [2.24, 2.45) is 5.92 Å². The van der Waals surface area contributed by atoms with Crippen molar-refractivity contribution >= 4 is 5.97 Å². The highest BCUT2D eigenvalue weighted by molar-refractivity contribution is 5.73. The molecule has 0 amide bonds. The first-order chi connectivity index (χ1) is 9.45. The van der Waals surface area contributed by atoms with Gasteiger partial charge in [-0.3, -0.25) is 4.79 Å². The Kier molecular flexibility index (Phi) is 4.76. The van der Waals surface area contributed by atoms with E-state index in [2.05, 4.69) is 5.32 Å². The maximum Gasteiger partial charge on any atom is 0.320 e. The molecule has 0 saturated heterocycles. The quantitative estimate of drug-likeness (QED) is 0.841. The summed E-state index contributed by atoms with van der Waals surface area (Å²) >= 11 is 0. The van der Waals surface area contributed by atoms with E-state index in [0.717, 1.165) is 18.4 Å². The van der Waals surface area contributed by atoms with Crippen LogP contribution in [0.2, 0.25) is 0 Å². The summed E-state index contributed by atoms with van der Waals surface area (Å²) in [5, 5.41) is 12.4. The standard InChI is InChI=1S/C16H22FNO2/c1-10(2)6-15(16(19)20)18-14-8-12(9-14)11-4-3-5-13(17)7-11/h3-5,7,10,12,14-15,18H,6,8-9H2,1-2H3,(H,19,20). The van der Waals surface area contributed by atoms with Gasteiger partial charge in [0.15, 0.2) is 0 Å². The zero-order valence-electron chi connectivity index (χ0n) is 12.0. The third-order valence-electron chi connectivity index (χ3n) is 3.90. The Labute approximate surface area is 119 Å². The number of carboxylic acid groups (broad SMARTS) is 1. The number of aliphatic carboxylic acids is 1. The average Bonchev–Trinajstić information content (AvgIpc) is 2.30. The van der Waals surface area contributed by atoms with Crippen molar-refractivity contribution in [1.29, 1.82) is 0 Å². The number of rotatable bonds is 6. The number of benzene rings is 1. The van der Waals surface area contributed by atoms with Gasteiger partial charge in [0.1, 0.15) is 11.9 Å². The Morgan fingerprint density at radius 2 is 2.15 bits per heavy atom. The summed E-state index contributed by atoms with van der Waals surface area (Å²) in [6, 6.07) is 6.43. The predicted molar refractivity (Wildman–Crippen MR) is 76.2 cm³/mol. The first kappa shape index (κ1) is 15.0. The van der Waals surface area contributed by atoms with E-state index in [1.165, 1.54) is 6.07 Å². The molecule has 1 aliphatic carbocycles. The normalized spacial score (nSPS) is 23.4. The second-order valence-electron chi connectivity index (χ2n) is 6.11. The Morgan fingerprint density at radius 3 is 2.70 bits per heavy atom. The van der Waals surface area contributed by atoms with Gasteiger partial charge in [-0.2, -0.15) is 0 Å². The lowest BCUT2D eigenvalue weighted by molar-refractivity contribution is -0.140. The molecule has 1 atom stereocenters. The van der Waals surface area contributed by atoms with Crippen LogP contribution in [0.25, 0.3) is 0 Å². The van der Waals surface area contributed by atoms with Crippen LogP contribution in [0.15, 0.2) is 24.3 Å². The van der Waals surface area contributed by atoms with Crippen LogP contribution in [0.3, 0.4) is 0 Å². The second kappa shape index (κ2) is 6.35. The van der Waals surface area contributed by atoms with Crippen LogP contribution in [-0.4, -0.2) is 23.2 Å². The van der Waals surface area contributed by atoms with Gasteiger partial charge in [-0.05, 0) is 48.8 Å². The summed E-state index contributed by atoms with van der Waals surface area (Å²) in [4.78, 5) is 11.2. The Morgan fingerprint density at radius 1 is 1.45 bits per heavy atom. The van der Waals surface area contributed by atoms with Gasteiger partial charge in [-0.15, -0.1) is 0 Å². The fourth-order valence-electron chi connectivity index (χ4n) is 2.78. The van der Waals surface area contributed by atoms with Gasteiger partial charge in [0.25, 0.3) is 0 Å². The highest BCUT2D eigenvalue weighted by Crippen LogP contribution is 2.37. The zero-order chi connectivity index (χ0) is 14.7. The molecule has 0 spiro atoms. The summed E-state index contributed by atoms with van der Waals surface area (Å²) < 4.78 is 13.2. The largest absolute Gasteiger partial charge is 0.480 e. The van der Waals surface area contributed by atoms with Crippen LogP contribution in [-0.2, 0) is 4.79 Å².